The van der Waals surface area contributed by atoms with E-state index >= 15 is 0 Å². The molecular weight excluding hydrogens is 424 g/mol. The molecule has 0 radical (unpaired) electrons. The third-order valence-corrected chi connectivity index (χ3v) is 11.5. The molecular formula is C30H52O4. The fourth-order valence-electron chi connectivity index (χ4n) is 9.84. The second kappa shape index (κ2) is 10.9. The molecule has 196 valence electrons. The largest absolute Gasteiger partial charge is 0.393 e. The molecule has 11 atom stereocenters. The summed E-state index contributed by atoms with van der Waals surface area (Å²) in [5, 5.41) is 12.0. The van der Waals surface area contributed by atoms with Gasteiger partial charge in [0.15, 0.2) is 0 Å². The molecule has 4 aliphatic carbocycles. The Morgan fingerprint density at radius 3 is 2.47 bits per heavy atom. The zero-order chi connectivity index (χ0) is 24.5. The topological polar surface area (TPSA) is 47.9 Å². The zero-order valence-electron chi connectivity index (χ0n) is 22.6. The zero-order valence-corrected chi connectivity index (χ0v) is 22.6. The van der Waals surface area contributed by atoms with E-state index in [1.807, 2.05) is 0 Å². The van der Waals surface area contributed by atoms with Crippen LogP contribution in [-0.4, -0.2) is 44.4 Å². The van der Waals surface area contributed by atoms with Gasteiger partial charge in [0.25, 0.3) is 0 Å². The van der Waals surface area contributed by atoms with E-state index in [9.17, 15) is 5.11 Å². The summed E-state index contributed by atoms with van der Waals surface area (Å²) in [6.07, 6.45) is 13.1. The van der Waals surface area contributed by atoms with Gasteiger partial charge in [0, 0.05) is 7.11 Å². The Morgan fingerprint density at radius 2 is 1.76 bits per heavy atom. The van der Waals surface area contributed by atoms with Gasteiger partial charge in [-0.25, -0.2) is 0 Å². The molecule has 0 spiro atoms. The molecule has 0 aliphatic heterocycles. The Morgan fingerprint density at radius 1 is 1.03 bits per heavy atom. The normalized spacial score (nSPS) is 46.9. The molecule has 3 unspecified atom stereocenters. The summed E-state index contributed by atoms with van der Waals surface area (Å²) in [7, 11) is 1.69. The maximum Gasteiger partial charge on any atom is 0.147 e. The van der Waals surface area contributed by atoms with E-state index in [0.29, 0.717) is 66.3 Å². The van der Waals surface area contributed by atoms with Gasteiger partial charge in [0.05, 0.1) is 25.4 Å². The highest BCUT2D eigenvalue weighted by molar-refractivity contribution is 5.13. The van der Waals surface area contributed by atoms with Crippen LogP contribution >= 0.6 is 0 Å². The molecule has 4 rings (SSSR count). The molecule has 0 bridgehead atoms. The number of fused-ring (bicyclic) bond motifs is 5. The van der Waals surface area contributed by atoms with Crippen LogP contribution in [0, 0.1) is 52.3 Å². The van der Waals surface area contributed by atoms with Gasteiger partial charge in [0.1, 0.15) is 6.79 Å². The van der Waals surface area contributed by atoms with Crippen molar-refractivity contribution in [3.05, 3.63) is 12.7 Å². The lowest BCUT2D eigenvalue weighted by molar-refractivity contribution is -0.213. The average Bonchev–Trinajstić information content (AvgIpc) is 3.17. The van der Waals surface area contributed by atoms with Crippen molar-refractivity contribution in [3.63, 3.8) is 0 Å². The standard InChI is InChI=1S/C30H52O4/c1-7-9-20(3)23-10-11-24-27-25(13-15-29(23,24)4)30(5)14-12-21(34-19-33-17-16-32-6)18-26(30)22(8-2)28(27)31/h7,20-28,31H,1,8-19H2,2-6H3/t20-,21-,22-,23-,24+,25+,26?,27+,28-,29?,30?/m1/s1. The minimum absolute atomic E-state index is 0.164. The SMILES string of the molecule is C=CC[C@@H](C)[C@H]1CC[C@H]2[C@@H]3[C@H](O)[C@H](CC)C4C[C@H](OCOCCOC)CCC4(C)[C@H]3CCC12C. The van der Waals surface area contributed by atoms with E-state index in [-0.39, 0.29) is 12.2 Å². The summed E-state index contributed by atoms with van der Waals surface area (Å²) in [5.41, 5.74) is 0.708. The third kappa shape index (κ3) is 4.55. The molecule has 4 saturated carbocycles. The molecule has 1 N–H and O–H groups in total. The summed E-state index contributed by atoms with van der Waals surface area (Å²) < 4.78 is 16.8. The lowest BCUT2D eigenvalue weighted by Gasteiger charge is -2.65. The van der Waals surface area contributed by atoms with Crippen molar-refractivity contribution in [2.24, 2.45) is 52.3 Å². The highest BCUT2D eigenvalue weighted by Crippen LogP contribution is 2.69. The van der Waals surface area contributed by atoms with Crippen LogP contribution in [0.15, 0.2) is 12.7 Å². The summed E-state index contributed by atoms with van der Waals surface area (Å²) in [4.78, 5) is 0. The number of ether oxygens (including phenoxy) is 3. The van der Waals surface area contributed by atoms with Crippen LogP contribution in [0.25, 0.3) is 0 Å². The molecule has 4 nitrogen and oxygen atoms in total. The maximum atomic E-state index is 12.0. The molecule has 0 aromatic carbocycles. The van der Waals surface area contributed by atoms with Crippen LogP contribution < -0.4 is 0 Å². The van der Waals surface area contributed by atoms with Crippen LogP contribution in [-0.2, 0) is 14.2 Å². The summed E-state index contributed by atoms with van der Waals surface area (Å²) in [6.45, 7) is 15.5. The van der Waals surface area contributed by atoms with Gasteiger partial charge >= 0.3 is 0 Å². The van der Waals surface area contributed by atoms with Crippen molar-refractivity contribution in [1.82, 2.24) is 0 Å². The Bertz CT molecular complexity index is 681. The summed E-state index contributed by atoms with van der Waals surface area (Å²) in [6, 6.07) is 0. The van der Waals surface area contributed by atoms with Gasteiger partial charge in [-0.3, -0.25) is 0 Å². The Balaban J connectivity index is 1.50. The van der Waals surface area contributed by atoms with E-state index in [4.69, 9.17) is 14.2 Å². The molecule has 0 saturated heterocycles. The van der Waals surface area contributed by atoms with Crippen LogP contribution in [0.3, 0.4) is 0 Å². The smallest absolute Gasteiger partial charge is 0.147 e. The van der Waals surface area contributed by atoms with E-state index in [0.717, 1.165) is 31.6 Å². The van der Waals surface area contributed by atoms with Crippen LogP contribution in [0.4, 0.5) is 0 Å². The maximum absolute atomic E-state index is 12.0. The van der Waals surface area contributed by atoms with Gasteiger partial charge < -0.3 is 19.3 Å². The molecule has 0 aromatic rings. The predicted octanol–water partition coefficient (Wildman–Crippen LogP) is 6.47. The highest BCUT2D eigenvalue weighted by Gasteiger charge is 2.64. The molecule has 4 aliphatic rings. The first-order chi connectivity index (χ1) is 16.3. The van der Waals surface area contributed by atoms with E-state index < -0.39 is 0 Å². The number of methoxy groups -OCH3 is 1. The number of aliphatic hydroxyl groups is 1. The Hall–Kier alpha value is -0.420. The molecule has 4 fully saturated rings. The molecule has 4 heteroatoms. The first-order valence-corrected chi connectivity index (χ1v) is 14.3. The lowest BCUT2D eigenvalue weighted by atomic mass is 9.41. The van der Waals surface area contributed by atoms with Crippen molar-refractivity contribution < 1.29 is 19.3 Å². The van der Waals surface area contributed by atoms with E-state index in [1.54, 1.807) is 7.11 Å². The number of aliphatic hydroxyl groups excluding tert-OH is 1. The minimum Gasteiger partial charge on any atom is -0.393 e. The van der Waals surface area contributed by atoms with E-state index in [1.165, 1.54) is 32.1 Å². The molecule has 0 heterocycles. The van der Waals surface area contributed by atoms with E-state index in [2.05, 4.69) is 40.3 Å². The van der Waals surface area contributed by atoms with Crippen LogP contribution in [0.5, 0.6) is 0 Å². The van der Waals surface area contributed by atoms with Crippen LogP contribution in [0.1, 0.15) is 85.5 Å². The van der Waals surface area contributed by atoms with Crippen molar-refractivity contribution >= 4 is 0 Å². The molecule has 34 heavy (non-hydrogen) atoms. The second-order valence-electron chi connectivity index (χ2n) is 12.8. The van der Waals surface area contributed by atoms with Gasteiger partial charge in [-0.05, 0) is 104 Å². The van der Waals surface area contributed by atoms with Gasteiger partial charge in [-0.2, -0.15) is 0 Å². The first kappa shape index (κ1) is 26.6. The second-order valence-corrected chi connectivity index (χ2v) is 12.8. The number of rotatable bonds is 10. The van der Waals surface area contributed by atoms with Gasteiger partial charge in [0.2, 0.25) is 0 Å². The highest BCUT2D eigenvalue weighted by atomic mass is 16.7. The first-order valence-electron chi connectivity index (χ1n) is 14.3. The fourth-order valence-corrected chi connectivity index (χ4v) is 9.84. The van der Waals surface area contributed by atoms with Crippen molar-refractivity contribution in [2.45, 2.75) is 97.7 Å². The average molecular weight is 477 g/mol. The van der Waals surface area contributed by atoms with Gasteiger partial charge in [-0.15, -0.1) is 6.58 Å². The number of allylic oxidation sites excluding steroid dienone is 1. The monoisotopic (exact) mass is 476 g/mol. The number of hydrogen-bond acceptors (Lipinski definition) is 4. The minimum atomic E-state index is -0.164. The van der Waals surface area contributed by atoms with Crippen molar-refractivity contribution in [2.75, 3.05) is 27.1 Å². The van der Waals surface area contributed by atoms with Crippen molar-refractivity contribution in [1.29, 1.82) is 0 Å². The predicted molar refractivity (Wildman–Crippen MR) is 137 cm³/mol. The fraction of sp³-hybridized carbons (Fsp3) is 0.933. The van der Waals surface area contributed by atoms with Crippen molar-refractivity contribution in [3.8, 4) is 0 Å². The Kier molecular flexibility index (Phi) is 8.55. The quantitative estimate of drug-likeness (QED) is 0.223. The Labute approximate surface area is 209 Å². The summed E-state index contributed by atoms with van der Waals surface area (Å²) in [5.74, 6) is 4.21. The lowest BCUT2D eigenvalue weighted by Crippen LogP contribution is -2.62. The van der Waals surface area contributed by atoms with Crippen LogP contribution in [0.2, 0.25) is 0 Å². The number of hydrogen-bond donors (Lipinski definition) is 1. The third-order valence-electron chi connectivity index (χ3n) is 11.5. The summed E-state index contributed by atoms with van der Waals surface area (Å²) >= 11 is 0. The molecule has 0 aromatic heterocycles. The van der Waals surface area contributed by atoms with Gasteiger partial charge in [-0.1, -0.05) is 40.2 Å². The molecule has 0 amide bonds.